The molecule has 0 saturated carbocycles. The third-order valence-corrected chi connectivity index (χ3v) is 5.26. The van der Waals surface area contributed by atoms with E-state index in [1.807, 2.05) is 24.3 Å². The number of hydrogen-bond acceptors (Lipinski definition) is 2. The summed E-state index contributed by atoms with van der Waals surface area (Å²) in [6.45, 7) is 1.85. The predicted octanol–water partition coefficient (Wildman–Crippen LogP) is 5.14. The summed E-state index contributed by atoms with van der Waals surface area (Å²) >= 11 is 11.6. The minimum Gasteiger partial charge on any atom is -0.508 e. The van der Waals surface area contributed by atoms with Crippen LogP contribution in [0.2, 0.25) is 5.02 Å². The van der Waals surface area contributed by atoms with Crippen LogP contribution in [-0.4, -0.2) is 21.5 Å². The van der Waals surface area contributed by atoms with Crippen LogP contribution >= 0.6 is 23.8 Å². The second-order valence-corrected chi connectivity index (χ2v) is 7.26. The summed E-state index contributed by atoms with van der Waals surface area (Å²) in [6, 6.07) is 13.7. The molecule has 0 saturated heterocycles. The maximum atomic E-state index is 9.65. The average molecular weight is 360 g/mol. The van der Waals surface area contributed by atoms with E-state index in [9.17, 15) is 5.11 Å². The quantitative estimate of drug-likeness (QED) is 0.764. The van der Waals surface area contributed by atoms with Crippen LogP contribution in [0, 0.1) is 0 Å². The van der Waals surface area contributed by atoms with Crippen LogP contribution in [0.3, 0.4) is 0 Å². The Bertz CT molecular complexity index is 714. The zero-order valence-corrected chi connectivity index (χ0v) is 15.2. The van der Waals surface area contributed by atoms with Gasteiger partial charge in [-0.1, -0.05) is 42.0 Å². The van der Waals surface area contributed by atoms with Crippen molar-refractivity contribution < 1.29 is 5.11 Å². The molecule has 0 atom stereocenters. The highest BCUT2D eigenvalue weighted by atomic mass is 35.5. The van der Waals surface area contributed by atoms with Crippen molar-refractivity contribution in [2.45, 2.75) is 38.6 Å². The molecule has 0 bridgehead atoms. The lowest BCUT2D eigenvalue weighted by atomic mass is 10.0. The molecule has 1 aliphatic heterocycles. The molecule has 0 radical (unpaired) electrons. The number of aromatic hydroxyl groups is 1. The minimum absolute atomic E-state index is 0.354. The highest BCUT2D eigenvalue weighted by Crippen LogP contribution is 2.24. The van der Waals surface area contributed by atoms with Crippen LogP contribution in [0.25, 0.3) is 0 Å². The first-order chi connectivity index (χ1) is 11.6. The van der Waals surface area contributed by atoms with E-state index in [2.05, 4.69) is 17.0 Å². The molecule has 0 spiro atoms. The van der Waals surface area contributed by atoms with Crippen molar-refractivity contribution >= 4 is 28.8 Å². The van der Waals surface area contributed by atoms with Crippen LogP contribution in [-0.2, 0) is 19.4 Å². The molecule has 1 heterocycles. The van der Waals surface area contributed by atoms with Crippen molar-refractivity contribution in [1.29, 1.82) is 0 Å². The number of aryl methyl sites for hydroxylation is 2. The molecule has 0 amide bonds. The molecule has 2 nitrogen and oxygen atoms in total. The molecule has 4 heteroatoms. The van der Waals surface area contributed by atoms with Gasteiger partial charge in [0.05, 0.1) is 4.99 Å². The Kier molecular flexibility index (Phi) is 5.75. The Hall–Kier alpha value is -1.58. The van der Waals surface area contributed by atoms with Crippen LogP contribution in [0.5, 0.6) is 5.75 Å². The van der Waals surface area contributed by atoms with Crippen molar-refractivity contribution in [2.24, 2.45) is 0 Å². The van der Waals surface area contributed by atoms with Crippen LogP contribution < -0.4 is 0 Å². The zero-order valence-electron chi connectivity index (χ0n) is 13.7. The molecule has 0 aliphatic carbocycles. The Labute approximate surface area is 154 Å². The molecule has 126 valence electrons. The topological polar surface area (TPSA) is 23.5 Å². The van der Waals surface area contributed by atoms with E-state index in [1.54, 1.807) is 6.07 Å². The lowest BCUT2D eigenvalue weighted by molar-refractivity contribution is 0.415. The molecule has 0 unspecified atom stereocenters. The SMILES string of the molecule is Oc1ccc2c(c1)CCCN(C(=S)CCCc1ccc(Cl)cc1)C2. The number of hydrogen-bond donors (Lipinski definition) is 1. The zero-order chi connectivity index (χ0) is 16.9. The monoisotopic (exact) mass is 359 g/mol. The number of benzene rings is 2. The lowest BCUT2D eigenvalue weighted by Crippen LogP contribution is -2.29. The summed E-state index contributed by atoms with van der Waals surface area (Å²) < 4.78 is 0. The van der Waals surface area contributed by atoms with Gasteiger partial charge in [0.1, 0.15) is 5.75 Å². The van der Waals surface area contributed by atoms with Gasteiger partial charge < -0.3 is 10.0 Å². The molecule has 3 rings (SSSR count). The van der Waals surface area contributed by atoms with Gasteiger partial charge in [-0.05, 0) is 73.1 Å². The third-order valence-electron chi connectivity index (χ3n) is 4.55. The van der Waals surface area contributed by atoms with Crippen LogP contribution in [0.1, 0.15) is 36.0 Å². The lowest BCUT2D eigenvalue weighted by Gasteiger charge is -2.24. The maximum Gasteiger partial charge on any atom is 0.115 e. The molecular weight excluding hydrogens is 338 g/mol. The van der Waals surface area contributed by atoms with E-state index in [4.69, 9.17) is 23.8 Å². The number of rotatable bonds is 4. The van der Waals surface area contributed by atoms with Gasteiger partial charge in [-0.3, -0.25) is 0 Å². The first kappa shape index (κ1) is 17.2. The smallest absolute Gasteiger partial charge is 0.115 e. The van der Waals surface area contributed by atoms with E-state index in [1.165, 1.54) is 16.7 Å². The van der Waals surface area contributed by atoms with Gasteiger partial charge in [0.15, 0.2) is 0 Å². The highest BCUT2D eigenvalue weighted by Gasteiger charge is 2.16. The van der Waals surface area contributed by atoms with Crippen molar-refractivity contribution in [3.05, 3.63) is 64.2 Å². The molecule has 1 aliphatic rings. The number of fused-ring (bicyclic) bond motifs is 1. The second-order valence-electron chi connectivity index (χ2n) is 6.35. The van der Waals surface area contributed by atoms with Crippen LogP contribution in [0.15, 0.2) is 42.5 Å². The summed E-state index contributed by atoms with van der Waals surface area (Å²) in [5.41, 5.74) is 3.84. The summed E-state index contributed by atoms with van der Waals surface area (Å²) in [5, 5.41) is 10.4. The number of phenols is 1. The summed E-state index contributed by atoms with van der Waals surface area (Å²) in [4.78, 5) is 3.37. The number of nitrogens with zero attached hydrogens (tertiary/aromatic N) is 1. The number of phenolic OH excluding ortho intramolecular Hbond substituents is 1. The van der Waals surface area contributed by atoms with E-state index in [0.29, 0.717) is 5.75 Å². The van der Waals surface area contributed by atoms with Crippen molar-refractivity contribution in [1.82, 2.24) is 4.90 Å². The fourth-order valence-corrected chi connectivity index (χ4v) is 3.64. The summed E-state index contributed by atoms with van der Waals surface area (Å²) in [7, 11) is 0. The maximum absolute atomic E-state index is 9.65. The Morgan fingerprint density at radius 1 is 1.12 bits per heavy atom. The van der Waals surface area contributed by atoms with Gasteiger partial charge in [0.25, 0.3) is 0 Å². The molecule has 1 N–H and O–H groups in total. The fraction of sp³-hybridized carbons (Fsp3) is 0.350. The minimum atomic E-state index is 0.354. The normalized spacial score (nSPS) is 14.1. The largest absolute Gasteiger partial charge is 0.508 e. The Morgan fingerprint density at radius 3 is 2.71 bits per heavy atom. The summed E-state index contributed by atoms with van der Waals surface area (Å²) in [6.07, 6.45) is 5.10. The van der Waals surface area contributed by atoms with Gasteiger partial charge in [0.2, 0.25) is 0 Å². The molecule has 24 heavy (non-hydrogen) atoms. The highest BCUT2D eigenvalue weighted by molar-refractivity contribution is 7.80. The molecule has 2 aromatic carbocycles. The van der Waals surface area contributed by atoms with E-state index in [0.717, 1.165) is 55.2 Å². The average Bonchev–Trinajstić information content (AvgIpc) is 2.78. The Balaban J connectivity index is 1.55. The van der Waals surface area contributed by atoms with Gasteiger partial charge >= 0.3 is 0 Å². The van der Waals surface area contributed by atoms with Gasteiger partial charge in [-0.25, -0.2) is 0 Å². The van der Waals surface area contributed by atoms with Gasteiger partial charge in [-0.2, -0.15) is 0 Å². The fourth-order valence-electron chi connectivity index (χ4n) is 3.21. The standard InChI is InChI=1S/C20H22ClNOS/c21-18-9-6-15(7-10-18)3-1-5-20(24)22-12-2-4-16-13-19(23)11-8-17(16)14-22/h6-11,13,23H,1-5,12,14H2. The third kappa shape index (κ3) is 4.49. The first-order valence-corrected chi connectivity index (χ1v) is 9.23. The summed E-state index contributed by atoms with van der Waals surface area (Å²) in [5.74, 6) is 0.354. The predicted molar refractivity (Wildman–Crippen MR) is 104 cm³/mol. The van der Waals surface area contributed by atoms with E-state index < -0.39 is 0 Å². The van der Waals surface area contributed by atoms with Crippen molar-refractivity contribution in [3.8, 4) is 5.75 Å². The first-order valence-electron chi connectivity index (χ1n) is 8.45. The molecule has 0 fully saturated rings. The van der Waals surface area contributed by atoms with Crippen LogP contribution in [0.4, 0.5) is 0 Å². The van der Waals surface area contributed by atoms with Crippen molar-refractivity contribution in [3.63, 3.8) is 0 Å². The molecular formula is C20H22ClNOS. The van der Waals surface area contributed by atoms with E-state index in [-0.39, 0.29) is 0 Å². The van der Waals surface area contributed by atoms with Gasteiger partial charge in [0, 0.05) is 18.1 Å². The Morgan fingerprint density at radius 2 is 1.92 bits per heavy atom. The van der Waals surface area contributed by atoms with Crippen molar-refractivity contribution in [2.75, 3.05) is 6.54 Å². The van der Waals surface area contributed by atoms with E-state index >= 15 is 0 Å². The molecule has 0 aromatic heterocycles. The number of halogens is 1. The number of thiocarbonyl (C=S) groups is 1. The van der Waals surface area contributed by atoms with Gasteiger partial charge in [-0.15, -0.1) is 0 Å². The molecule has 2 aromatic rings. The second kappa shape index (κ2) is 8.00.